The van der Waals surface area contributed by atoms with Crippen molar-refractivity contribution in [2.45, 2.75) is 18.6 Å². The van der Waals surface area contributed by atoms with Gasteiger partial charge in [0.15, 0.2) is 5.17 Å². The topological polar surface area (TPSA) is 103 Å². The monoisotopic (exact) mass is 400 g/mol. The molecule has 1 aliphatic rings. The van der Waals surface area contributed by atoms with Crippen LogP contribution in [0, 0.1) is 5.82 Å². The number of amidine groups is 1. The molecule has 2 amide bonds. The van der Waals surface area contributed by atoms with Crippen LogP contribution in [-0.4, -0.2) is 33.1 Å². The lowest BCUT2D eigenvalue weighted by Crippen LogP contribution is -2.28. The Morgan fingerprint density at radius 1 is 1.21 bits per heavy atom. The molecule has 3 N–H and O–H groups in total. The predicted octanol–water partition coefficient (Wildman–Crippen LogP) is 2.87. The molecule has 7 nitrogen and oxygen atoms in total. The summed E-state index contributed by atoms with van der Waals surface area (Å²) in [6.45, 7) is 1.76. The molecule has 0 radical (unpaired) electrons. The van der Waals surface area contributed by atoms with Crippen LogP contribution in [0.4, 0.5) is 10.1 Å². The number of hydrogen-bond donors (Lipinski definition) is 3. The van der Waals surface area contributed by atoms with Crippen LogP contribution in [-0.2, 0) is 9.59 Å². The summed E-state index contributed by atoms with van der Waals surface area (Å²) in [6, 6.07) is 11.9. The van der Waals surface area contributed by atoms with Gasteiger partial charge in [0.25, 0.3) is 0 Å². The molecule has 0 bridgehead atoms. The number of rotatable bonds is 5. The highest BCUT2D eigenvalue weighted by atomic mass is 32.2. The van der Waals surface area contributed by atoms with Gasteiger partial charge in [-0.25, -0.2) is 4.39 Å². The molecule has 2 aromatic rings. The second-order valence-corrected chi connectivity index (χ2v) is 7.18. The van der Waals surface area contributed by atoms with Gasteiger partial charge in [-0.15, -0.1) is 5.10 Å². The van der Waals surface area contributed by atoms with Crippen LogP contribution in [0.1, 0.15) is 18.9 Å². The van der Waals surface area contributed by atoms with Crippen molar-refractivity contribution in [3.63, 3.8) is 0 Å². The molecular formula is C19H17FN4O3S. The number of anilines is 1. The molecule has 0 aromatic heterocycles. The number of phenols is 1. The summed E-state index contributed by atoms with van der Waals surface area (Å²) in [6.07, 6.45) is -0.0481. The zero-order valence-corrected chi connectivity index (χ0v) is 15.7. The van der Waals surface area contributed by atoms with Gasteiger partial charge in [0.1, 0.15) is 16.8 Å². The molecule has 9 heteroatoms. The molecule has 0 saturated carbocycles. The minimum absolute atomic E-state index is 0.0481. The third-order valence-electron chi connectivity index (χ3n) is 3.85. The Kier molecular flexibility index (Phi) is 6.05. The van der Waals surface area contributed by atoms with Crippen LogP contribution in [0.15, 0.2) is 58.7 Å². The minimum atomic E-state index is -0.622. The molecule has 1 saturated heterocycles. The first-order valence-corrected chi connectivity index (χ1v) is 9.23. The highest BCUT2D eigenvalue weighted by Gasteiger charge is 2.32. The van der Waals surface area contributed by atoms with E-state index in [0.29, 0.717) is 16.6 Å². The standard InChI is InChI=1S/C19H17FN4O3S/c1-11(12-2-8-15(25)9-3-12)23-24-19-22-18(27)16(28-19)10-17(26)21-14-6-4-13(20)5-7-14/h2-9,16,25H,10H2,1H3,(H,21,26)(H,22,24,27)/b23-11+. The Labute approximate surface area is 164 Å². The van der Waals surface area contributed by atoms with Gasteiger partial charge in [-0.2, -0.15) is 5.10 Å². The van der Waals surface area contributed by atoms with E-state index in [4.69, 9.17) is 0 Å². The van der Waals surface area contributed by atoms with E-state index in [9.17, 15) is 19.1 Å². The molecule has 1 fully saturated rings. The smallest absolute Gasteiger partial charge is 0.240 e. The summed E-state index contributed by atoms with van der Waals surface area (Å²) in [5, 5.41) is 22.3. The quantitative estimate of drug-likeness (QED) is 0.530. The summed E-state index contributed by atoms with van der Waals surface area (Å²) in [5.41, 5.74) is 1.85. The van der Waals surface area contributed by atoms with Crippen molar-refractivity contribution in [1.29, 1.82) is 0 Å². The van der Waals surface area contributed by atoms with Gasteiger partial charge in [0.2, 0.25) is 11.8 Å². The third-order valence-corrected chi connectivity index (χ3v) is 4.92. The molecule has 28 heavy (non-hydrogen) atoms. The van der Waals surface area contributed by atoms with Crippen LogP contribution in [0.3, 0.4) is 0 Å². The van der Waals surface area contributed by atoms with Crippen LogP contribution in [0.2, 0.25) is 0 Å². The zero-order chi connectivity index (χ0) is 20.1. The summed E-state index contributed by atoms with van der Waals surface area (Å²) in [4.78, 5) is 24.1. The van der Waals surface area contributed by atoms with Crippen molar-refractivity contribution in [1.82, 2.24) is 5.32 Å². The Morgan fingerprint density at radius 2 is 1.89 bits per heavy atom. The number of halogens is 1. The molecule has 144 valence electrons. The first kappa shape index (κ1) is 19.6. The summed E-state index contributed by atoms with van der Waals surface area (Å²) < 4.78 is 12.9. The van der Waals surface area contributed by atoms with E-state index >= 15 is 0 Å². The summed E-state index contributed by atoms with van der Waals surface area (Å²) in [5.74, 6) is -0.921. The maximum Gasteiger partial charge on any atom is 0.240 e. The molecule has 1 heterocycles. The number of thioether (sulfide) groups is 1. The van der Waals surface area contributed by atoms with E-state index in [2.05, 4.69) is 20.8 Å². The molecule has 0 spiro atoms. The van der Waals surface area contributed by atoms with Crippen molar-refractivity contribution in [3.8, 4) is 5.75 Å². The third kappa shape index (κ3) is 5.17. The lowest BCUT2D eigenvalue weighted by atomic mass is 10.1. The zero-order valence-electron chi connectivity index (χ0n) is 14.8. The summed E-state index contributed by atoms with van der Waals surface area (Å²) in [7, 11) is 0. The van der Waals surface area contributed by atoms with E-state index < -0.39 is 11.1 Å². The molecule has 0 aliphatic carbocycles. The number of nitrogens with one attached hydrogen (secondary N) is 2. The maximum absolute atomic E-state index is 12.9. The molecule has 1 atom stereocenters. The maximum atomic E-state index is 12.9. The number of hydrogen-bond acceptors (Lipinski definition) is 6. The average molecular weight is 400 g/mol. The largest absolute Gasteiger partial charge is 0.508 e. The molecule has 3 rings (SSSR count). The Hall–Kier alpha value is -3.20. The highest BCUT2D eigenvalue weighted by molar-refractivity contribution is 8.15. The molecule has 2 aromatic carbocycles. The highest BCUT2D eigenvalue weighted by Crippen LogP contribution is 2.23. The second kappa shape index (κ2) is 8.66. The van der Waals surface area contributed by atoms with Gasteiger partial charge in [-0.3, -0.25) is 9.59 Å². The van der Waals surface area contributed by atoms with Crippen molar-refractivity contribution in [3.05, 3.63) is 59.9 Å². The number of carbonyl (C=O) groups is 2. The van der Waals surface area contributed by atoms with E-state index in [1.807, 2.05) is 0 Å². The van der Waals surface area contributed by atoms with Crippen LogP contribution >= 0.6 is 11.8 Å². The molecule has 1 unspecified atom stereocenters. The number of benzene rings is 2. The van der Waals surface area contributed by atoms with E-state index in [1.165, 1.54) is 24.3 Å². The van der Waals surface area contributed by atoms with Crippen molar-refractivity contribution < 1.29 is 19.1 Å². The van der Waals surface area contributed by atoms with Crippen LogP contribution in [0.25, 0.3) is 0 Å². The SMILES string of the molecule is C/C(=N\N=C1/NC(=O)C(CC(=O)Nc2ccc(F)cc2)S1)c1ccc(O)cc1. The van der Waals surface area contributed by atoms with Gasteiger partial charge in [0.05, 0.1) is 5.71 Å². The van der Waals surface area contributed by atoms with Gasteiger partial charge < -0.3 is 15.7 Å². The molecular weight excluding hydrogens is 383 g/mol. The van der Waals surface area contributed by atoms with Crippen LogP contribution < -0.4 is 10.6 Å². The van der Waals surface area contributed by atoms with Gasteiger partial charge in [0, 0.05) is 12.1 Å². The normalized spacial score (nSPS) is 18.2. The number of aromatic hydroxyl groups is 1. The fourth-order valence-electron chi connectivity index (χ4n) is 2.38. The van der Waals surface area contributed by atoms with Gasteiger partial charge >= 0.3 is 0 Å². The Morgan fingerprint density at radius 3 is 2.57 bits per heavy atom. The molecule has 1 aliphatic heterocycles. The number of phenolic OH excluding ortho intramolecular Hbond substituents is 1. The first-order chi connectivity index (χ1) is 13.4. The second-order valence-electron chi connectivity index (χ2n) is 5.99. The Balaban J connectivity index is 1.58. The average Bonchev–Trinajstić information content (AvgIpc) is 3.01. The number of nitrogens with zero attached hydrogens (tertiary/aromatic N) is 2. The number of amides is 2. The fraction of sp³-hybridized carbons (Fsp3) is 0.158. The Bertz CT molecular complexity index is 943. The minimum Gasteiger partial charge on any atom is -0.508 e. The van der Waals surface area contributed by atoms with E-state index in [-0.39, 0.29) is 24.0 Å². The fourth-order valence-corrected chi connectivity index (χ4v) is 3.30. The van der Waals surface area contributed by atoms with Gasteiger partial charge in [-0.05, 0) is 61.0 Å². The van der Waals surface area contributed by atoms with E-state index in [0.717, 1.165) is 17.3 Å². The summed E-state index contributed by atoms with van der Waals surface area (Å²) >= 11 is 1.12. The van der Waals surface area contributed by atoms with Crippen molar-refractivity contribution >= 4 is 40.1 Å². The lowest BCUT2D eigenvalue weighted by Gasteiger charge is -2.07. The van der Waals surface area contributed by atoms with Crippen molar-refractivity contribution in [2.24, 2.45) is 10.2 Å². The van der Waals surface area contributed by atoms with Crippen LogP contribution in [0.5, 0.6) is 5.75 Å². The van der Waals surface area contributed by atoms with Gasteiger partial charge in [-0.1, -0.05) is 11.8 Å². The van der Waals surface area contributed by atoms with E-state index in [1.54, 1.807) is 31.2 Å². The number of carbonyl (C=O) groups excluding carboxylic acids is 2. The predicted molar refractivity (Wildman–Crippen MR) is 107 cm³/mol. The lowest BCUT2D eigenvalue weighted by molar-refractivity contribution is -0.122. The first-order valence-electron chi connectivity index (χ1n) is 8.35. The van der Waals surface area contributed by atoms with Crippen molar-refractivity contribution in [2.75, 3.05) is 5.32 Å².